The molecule has 2 rings (SSSR count). The lowest BCUT2D eigenvalue weighted by molar-refractivity contribution is -0.137. The van der Waals surface area contributed by atoms with Crippen LogP contribution in [0.1, 0.15) is 11.1 Å². The molecule has 25 heavy (non-hydrogen) atoms. The largest absolute Gasteiger partial charge is 0.496 e. The van der Waals surface area contributed by atoms with Crippen LogP contribution in [0, 0.1) is 0 Å². The molecule has 0 N–H and O–H groups in total. The van der Waals surface area contributed by atoms with Crippen LogP contribution in [0.3, 0.4) is 0 Å². The molecule has 0 aliphatic rings. The molecule has 0 heterocycles. The average Bonchev–Trinajstić information content (AvgIpc) is 2.54. The monoisotopic (exact) mass is 393 g/mol. The summed E-state index contributed by atoms with van der Waals surface area (Å²) in [5.41, 5.74) is -0.376. The van der Waals surface area contributed by atoms with Gasteiger partial charge in [-0.25, -0.2) is 8.42 Å². The highest BCUT2D eigenvalue weighted by Gasteiger charge is 2.31. The van der Waals surface area contributed by atoms with Crippen LogP contribution in [0.25, 0.3) is 0 Å². The van der Waals surface area contributed by atoms with Gasteiger partial charge < -0.3 is 4.74 Å². The maximum Gasteiger partial charge on any atom is 0.416 e. The minimum Gasteiger partial charge on any atom is -0.496 e. The molecule has 0 bridgehead atoms. The van der Waals surface area contributed by atoms with E-state index in [1.807, 2.05) is 0 Å². The molecule has 0 saturated carbocycles. The number of sulfonamides is 1. The van der Waals surface area contributed by atoms with E-state index in [1.54, 1.807) is 18.2 Å². The van der Waals surface area contributed by atoms with Gasteiger partial charge in [0.1, 0.15) is 5.75 Å². The molecule has 2 aromatic carbocycles. The molecule has 136 valence electrons. The van der Waals surface area contributed by atoms with Gasteiger partial charge in [0.05, 0.1) is 17.6 Å². The predicted molar refractivity (Wildman–Crippen MR) is 88.1 cm³/mol. The van der Waals surface area contributed by atoms with Gasteiger partial charge in [-0.1, -0.05) is 11.6 Å². The van der Waals surface area contributed by atoms with Crippen molar-refractivity contribution in [2.24, 2.45) is 0 Å². The number of ether oxygens (including phenoxy) is 1. The highest BCUT2D eigenvalue weighted by Crippen LogP contribution is 2.31. The molecule has 0 amide bonds. The Kier molecular flexibility index (Phi) is 5.65. The Morgan fingerprint density at radius 1 is 1.12 bits per heavy atom. The highest BCUT2D eigenvalue weighted by molar-refractivity contribution is 7.89. The summed E-state index contributed by atoms with van der Waals surface area (Å²) in [5, 5.41) is 0.413. The molecule has 9 heteroatoms. The summed E-state index contributed by atoms with van der Waals surface area (Å²) in [6, 6.07) is 8.12. The van der Waals surface area contributed by atoms with Gasteiger partial charge in [-0.2, -0.15) is 17.5 Å². The fraction of sp³-hybridized carbons (Fsp3) is 0.250. The molecule has 0 fully saturated rings. The number of hydrogen-bond acceptors (Lipinski definition) is 3. The molecule has 4 nitrogen and oxygen atoms in total. The zero-order valence-electron chi connectivity index (χ0n) is 13.3. The van der Waals surface area contributed by atoms with Gasteiger partial charge in [0.2, 0.25) is 10.0 Å². The van der Waals surface area contributed by atoms with E-state index in [1.165, 1.54) is 14.2 Å². The van der Waals surface area contributed by atoms with Crippen LogP contribution in [-0.2, 0) is 22.7 Å². The zero-order valence-corrected chi connectivity index (χ0v) is 14.9. The lowest BCUT2D eigenvalue weighted by atomic mass is 10.2. The number of halogens is 4. The van der Waals surface area contributed by atoms with Gasteiger partial charge in [-0.15, -0.1) is 0 Å². The molecule has 0 atom stereocenters. The van der Waals surface area contributed by atoms with Crippen molar-refractivity contribution in [2.45, 2.75) is 17.6 Å². The van der Waals surface area contributed by atoms with E-state index >= 15 is 0 Å². The second-order valence-corrected chi connectivity index (χ2v) is 7.72. The second-order valence-electron chi connectivity index (χ2n) is 5.24. The van der Waals surface area contributed by atoms with Crippen molar-refractivity contribution in [3.8, 4) is 5.75 Å². The fourth-order valence-electron chi connectivity index (χ4n) is 2.19. The first-order chi connectivity index (χ1) is 11.6. The van der Waals surface area contributed by atoms with Crippen molar-refractivity contribution < 1.29 is 26.3 Å². The Labute approximate surface area is 148 Å². The van der Waals surface area contributed by atoms with Crippen LogP contribution in [0.4, 0.5) is 13.2 Å². The number of methoxy groups -OCH3 is 1. The van der Waals surface area contributed by atoms with Gasteiger partial charge in [-0.3, -0.25) is 0 Å². The average molecular weight is 394 g/mol. The number of benzene rings is 2. The minimum atomic E-state index is -4.53. The summed E-state index contributed by atoms with van der Waals surface area (Å²) in [7, 11) is -1.20. The maximum atomic E-state index is 12.6. The first-order valence-electron chi connectivity index (χ1n) is 7.01. The molecular weight excluding hydrogens is 379 g/mol. The van der Waals surface area contributed by atoms with Crippen molar-refractivity contribution in [1.82, 2.24) is 4.31 Å². The molecule has 0 saturated heterocycles. The Morgan fingerprint density at radius 3 is 2.24 bits per heavy atom. The van der Waals surface area contributed by atoms with E-state index in [0.717, 1.165) is 28.6 Å². The molecular formula is C16H15ClF3NO3S. The standard InChI is InChI=1S/C16H15ClF3NO3S/c1-21(10-11-9-13(17)5-8-15(11)24-2)25(22,23)14-6-3-12(4-7-14)16(18,19)20/h3-9H,10H2,1-2H3. The Hall–Kier alpha value is -1.77. The van der Waals surface area contributed by atoms with Crippen molar-refractivity contribution in [2.75, 3.05) is 14.2 Å². The minimum absolute atomic E-state index is 0.0485. The van der Waals surface area contributed by atoms with Crippen LogP contribution < -0.4 is 4.74 Å². The van der Waals surface area contributed by atoms with Gasteiger partial charge >= 0.3 is 6.18 Å². The summed E-state index contributed by atoms with van der Waals surface area (Å²) in [4.78, 5) is -0.232. The zero-order chi connectivity index (χ0) is 18.8. The first-order valence-corrected chi connectivity index (χ1v) is 8.83. The normalized spacial score (nSPS) is 12.4. The maximum absolute atomic E-state index is 12.6. The molecule has 0 unspecified atom stereocenters. The molecule has 2 aromatic rings. The lowest BCUT2D eigenvalue weighted by Crippen LogP contribution is -2.26. The van der Waals surface area contributed by atoms with E-state index in [4.69, 9.17) is 16.3 Å². The van der Waals surface area contributed by atoms with Crippen LogP contribution in [-0.4, -0.2) is 26.9 Å². The first kappa shape index (κ1) is 19.6. The van der Waals surface area contributed by atoms with Crippen LogP contribution in [0.5, 0.6) is 5.75 Å². The summed E-state index contributed by atoms with van der Waals surface area (Å²) >= 11 is 5.92. The predicted octanol–water partition coefficient (Wildman–Crippen LogP) is 4.19. The van der Waals surface area contributed by atoms with E-state index in [0.29, 0.717) is 16.3 Å². The van der Waals surface area contributed by atoms with Crippen molar-refractivity contribution in [3.63, 3.8) is 0 Å². The Bertz CT molecular complexity index is 852. The molecule has 0 spiro atoms. The SMILES string of the molecule is COc1ccc(Cl)cc1CN(C)S(=O)(=O)c1ccc(C(F)(F)F)cc1. The Balaban J connectivity index is 2.29. The van der Waals surface area contributed by atoms with E-state index in [2.05, 4.69) is 0 Å². The van der Waals surface area contributed by atoms with E-state index in [-0.39, 0.29) is 11.4 Å². The van der Waals surface area contributed by atoms with Crippen molar-refractivity contribution >= 4 is 21.6 Å². The summed E-state index contributed by atoms with van der Waals surface area (Å²) in [6.45, 7) is -0.0485. The summed E-state index contributed by atoms with van der Waals surface area (Å²) in [6.07, 6.45) is -4.53. The van der Waals surface area contributed by atoms with E-state index in [9.17, 15) is 21.6 Å². The van der Waals surface area contributed by atoms with Crippen LogP contribution in [0.2, 0.25) is 5.02 Å². The third-order valence-electron chi connectivity index (χ3n) is 3.53. The molecule has 0 aromatic heterocycles. The van der Waals surface area contributed by atoms with Gasteiger partial charge in [0.25, 0.3) is 0 Å². The lowest BCUT2D eigenvalue weighted by Gasteiger charge is -2.19. The molecule has 0 radical (unpaired) electrons. The second kappa shape index (κ2) is 7.23. The van der Waals surface area contributed by atoms with Crippen LogP contribution >= 0.6 is 11.6 Å². The number of rotatable bonds is 5. The number of hydrogen-bond donors (Lipinski definition) is 0. The van der Waals surface area contributed by atoms with Crippen molar-refractivity contribution in [3.05, 3.63) is 58.6 Å². The smallest absolute Gasteiger partial charge is 0.416 e. The highest BCUT2D eigenvalue weighted by atomic mass is 35.5. The van der Waals surface area contributed by atoms with Gasteiger partial charge in [0, 0.05) is 24.2 Å². The number of nitrogens with zero attached hydrogens (tertiary/aromatic N) is 1. The van der Waals surface area contributed by atoms with Crippen LogP contribution in [0.15, 0.2) is 47.4 Å². The van der Waals surface area contributed by atoms with Gasteiger partial charge in [-0.05, 0) is 42.5 Å². The summed E-state index contributed by atoms with van der Waals surface area (Å²) < 4.78 is 69.1. The van der Waals surface area contributed by atoms with E-state index < -0.39 is 21.8 Å². The third kappa shape index (κ3) is 4.45. The quantitative estimate of drug-likeness (QED) is 0.765. The molecule has 0 aliphatic carbocycles. The van der Waals surface area contributed by atoms with Crippen molar-refractivity contribution in [1.29, 1.82) is 0 Å². The summed E-state index contributed by atoms with van der Waals surface area (Å²) in [5.74, 6) is 0.457. The fourth-order valence-corrected chi connectivity index (χ4v) is 3.54. The molecule has 0 aliphatic heterocycles. The number of alkyl halides is 3. The third-order valence-corrected chi connectivity index (χ3v) is 5.58. The Morgan fingerprint density at radius 2 is 1.72 bits per heavy atom. The topological polar surface area (TPSA) is 46.6 Å². The van der Waals surface area contributed by atoms with Gasteiger partial charge in [0.15, 0.2) is 0 Å².